The molecule has 2 rings (SSSR count). The number of methoxy groups -OCH3 is 1. The van der Waals surface area contributed by atoms with Crippen LogP contribution in [0.1, 0.15) is 23.6 Å². The molecule has 0 bridgehead atoms. The monoisotopic (exact) mass is 560 g/mol. The van der Waals surface area contributed by atoms with Crippen LogP contribution in [-0.2, 0) is 23.6 Å². The fourth-order valence-corrected chi connectivity index (χ4v) is 3.29. The standard InChI is InChI=1S/C22H29FN4O2S.HI/c1-4-24-22(26-13-17-7-8-19(23)11-18(17)15-30-3)27-14-21(28)25-12-16-5-9-20(29-2)10-6-16;/h5-11H,4,12-15H2,1-3H3,(H,25,28)(H2,24,26,27);1H. The maximum Gasteiger partial charge on any atom is 0.239 e. The minimum Gasteiger partial charge on any atom is -0.497 e. The number of hydrogen-bond donors (Lipinski definition) is 3. The molecule has 0 aliphatic heterocycles. The van der Waals surface area contributed by atoms with Crippen LogP contribution in [0.4, 0.5) is 4.39 Å². The lowest BCUT2D eigenvalue weighted by Gasteiger charge is -2.13. The molecule has 0 unspecified atom stereocenters. The quantitative estimate of drug-likeness (QED) is 0.235. The zero-order valence-corrected chi connectivity index (χ0v) is 21.2. The van der Waals surface area contributed by atoms with Gasteiger partial charge < -0.3 is 20.7 Å². The van der Waals surface area contributed by atoms with Crippen LogP contribution in [0.3, 0.4) is 0 Å². The molecule has 0 heterocycles. The fourth-order valence-electron chi connectivity index (χ4n) is 2.72. The van der Waals surface area contributed by atoms with E-state index < -0.39 is 0 Å². The molecular weight excluding hydrogens is 530 g/mol. The third-order valence-corrected chi connectivity index (χ3v) is 4.88. The van der Waals surface area contributed by atoms with E-state index >= 15 is 0 Å². The summed E-state index contributed by atoms with van der Waals surface area (Å²) in [6.45, 7) is 3.56. The molecule has 170 valence electrons. The van der Waals surface area contributed by atoms with Crippen LogP contribution in [0.15, 0.2) is 47.5 Å². The number of thioether (sulfide) groups is 1. The smallest absolute Gasteiger partial charge is 0.239 e. The van der Waals surface area contributed by atoms with Gasteiger partial charge in [0.15, 0.2) is 5.96 Å². The number of amides is 1. The first-order chi connectivity index (χ1) is 14.5. The Balaban J connectivity index is 0.00000480. The number of ether oxygens (including phenoxy) is 1. The van der Waals surface area contributed by atoms with Crippen LogP contribution in [0.5, 0.6) is 5.75 Å². The molecule has 0 saturated heterocycles. The second-order valence-corrected chi connectivity index (χ2v) is 7.39. The van der Waals surface area contributed by atoms with Crippen LogP contribution < -0.4 is 20.7 Å². The van der Waals surface area contributed by atoms with E-state index in [1.54, 1.807) is 31.0 Å². The molecule has 0 fully saturated rings. The number of nitrogens with zero attached hydrogens (tertiary/aromatic N) is 1. The SMILES string of the molecule is CCNC(=NCc1ccc(F)cc1CSC)NCC(=O)NCc1ccc(OC)cc1.I. The minimum atomic E-state index is -0.245. The van der Waals surface area contributed by atoms with Gasteiger partial charge in [0.1, 0.15) is 11.6 Å². The number of carbonyl (C=O) groups excluding carboxylic acids is 1. The van der Waals surface area contributed by atoms with Crippen LogP contribution >= 0.6 is 35.7 Å². The van der Waals surface area contributed by atoms with Crippen molar-refractivity contribution in [1.29, 1.82) is 0 Å². The van der Waals surface area contributed by atoms with Crippen LogP contribution in [0, 0.1) is 5.82 Å². The summed E-state index contributed by atoms with van der Waals surface area (Å²) in [6.07, 6.45) is 1.98. The second kappa shape index (κ2) is 14.9. The summed E-state index contributed by atoms with van der Waals surface area (Å²) in [5.74, 6) is 1.66. The van der Waals surface area contributed by atoms with Crippen molar-refractivity contribution in [1.82, 2.24) is 16.0 Å². The fraction of sp³-hybridized carbons (Fsp3) is 0.364. The maximum absolute atomic E-state index is 13.5. The number of benzene rings is 2. The number of hydrogen-bond acceptors (Lipinski definition) is 4. The lowest BCUT2D eigenvalue weighted by atomic mass is 10.1. The molecule has 0 aliphatic carbocycles. The molecule has 2 aromatic carbocycles. The summed E-state index contributed by atoms with van der Waals surface area (Å²) in [4.78, 5) is 16.7. The van der Waals surface area contributed by atoms with Gasteiger partial charge in [-0.25, -0.2) is 9.38 Å². The predicted molar refractivity (Wildman–Crippen MR) is 137 cm³/mol. The van der Waals surface area contributed by atoms with Crippen LogP contribution in [0.25, 0.3) is 0 Å². The number of carbonyl (C=O) groups is 1. The van der Waals surface area contributed by atoms with E-state index in [4.69, 9.17) is 4.74 Å². The first-order valence-electron chi connectivity index (χ1n) is 9.73. The van der Waals surface area contributed by atoms with Crippen molar-refractivity contribution in [3.8, 4) is 5.75 Å². The van der Waals surface area contributed by atoms with Gasteiger partial charge in [-0.05, 0) is 54.1 Å². The average molecular weight is 560 g/mol. The summed E-state index contributed by atoms with van der Waals surface area (Å²) >= 11 is 1.64. The zero-order valence-electron chi connectivity index (χ0n) is 18.0. The van der Waals surface area contributed by atoms with Gasteiger partial charge in [0.25, 0.3) is 0 Å². The maximum atomic E-state index is 13.5. The Hall–Kier alpha value is -2.01. The van der Waals surface area contributed by atoms with E-state index in [9.17, 15) is 9.18 Å². The van der Waals surface area contributed by atoms with E-state index in [0.29, 0.717) is 25.6 Å². The molecule has 3 N–H and O–H groups in total. The van der Waals surface area contributed by atoms with Gasteiger partial charge >= 0.3 is 0 Å². The van der Waals surface area contributed by atoms with E-state index in [1.807, 2.05) is 37.4 Å². The molecule has 1 amide bonds. The molecule has 6 nitrogen and oxygen atoms in total. The van der Waals surface area contributed by atoms with Gasteiger partial charge in [0, 0.05) is 18.8 Å². The van der Waals surface area contributed by atoms with Gasteiger partial charge in [0.05, 0.1) is 20.2 Å². The molecule has 9 heteroatoms. The van der Waals surface area contributed by atoms with Crippen molar-refractivity contribution in [2.24, 2.45) is 4.99 Å². The van der Waals surface area contributed by atoms with Crippen LogP contribution in [-0.4, -0.2) is 38.3 Å². The summed E-state index contributed by atoms with van der Waals surface area (Å²) in [5, 5.41) is 9.03. The molecule has 0 spiro atoms. The van der Waals surface area contributed by atoms with Gasteiger partial charge in [-0.15, -0.1) is 24.0 Å². The molecule has 0 saturated carbocycles. The first-order valence-corrected chi connectivity index (χ1v) is 11.1. The van der Waals surface area contributed by atoms with E-state index in [2.05, 4.69) is 20.9 Å². The highest BCUT2D eigenvalue weighted by Crippen LogP contribution is 2.17. The molecular formula is C22H30FIN4O2S. The summed E-state index contributed by atoms with van der Waals surface area (Å²) in [7, 11) is 1.62. The topological polar surface area (TPSA) is 74.8 Å². The van der Waals surface area contributed by atoms with Crippen molar-refractivity contribution in [2.75, 3.05) is 26.5 Å². The van der Waals surface area contributed by atoms with Crippen LogP contribution in [0.2, 0.25) is 0 Å². The Labute approximate surface area is 204 Å². The van der Waals surface area contributed by atoms with Gasteiger partial charge in [-0.2, -0.15) is 11.8 Å². The third-order valence-electron chi connectivity index (χ3n) is 4.29. The van der Waals surface area contributed by atoms with Crippen molar-refractivity contribution in [2.45, 2.75) is 25.8 Å². The number of halogens is 2. The Morgan fingerprint density at radius 1 is 1.10 bits per heavy atom. The van der Waals surface area contributed by atoms with Crippen molar-refractivity contribution >= 4 is 47.6 Å². The van der Waals surface area contributed by atoms with Gasteiger partial charge in [0.2, 0.25) is 5.91 Å². The number of aliphatic imine (C=N–C) groups is 1. The molecule has 31 heavy (non-hydrogen) atoms. The summed E-state index contributed by atoms with van der Waals surface area (Å²) in [6, 6.07) is 12.3. The van der Waals surface area contributed by atoms with E-state index in [0.717, 1.165) is 28.2 Å². The highest BCUT2D eigenvalue weighted by Gasteiger charge is 2.07. The summed E-state index contributed by atoms with van der Waals surface area (Å²) < 4.78 is 18.6. The molecule has 0 atom stereocenters. The molecule has 0 aliphatic rings. The molecule has 2 aromatic rings. The zero-order chi connectivity index (χ0) is 21.8. The summed E-state index contributed by atoms with van der Waals surface area (Å²) in [5.41, 5.74) is 2.88. The van der Waals surface area contributed by atoms with Gasteiger partial charge in [-0.3, -0.25) is 4.79 Å². The minimum absolute atomic E-state index is 0. The highest BCUT2D eigenvalue weighted by molar-refractivity contribution is 14.0. The Kier molecular flexibility index (Phi) is 13.0. The van der Waals surface area contributed by atoms with Crippen molar-refractivity contribution in [3.63, 3.8) is 0 Å². The Morgan fingerprint density at radius 3 is 2.48 bits per heavy atom. The lowest BCUT2D eigenvalue weighted by molar-refractivity contribution is -0.120. The van der Waals surface area contributed by atoms with Crippen molar-refractivity contribution < 1.29 is 13.9 Å². The highest BCUT2D eigenvalue weighted by atomic mass is 127. The first kappa shape index (κ1) is 27.0. The normalized spacial score (nSPS) is 10.8. The third kappa shape index (κ3) is 9.77. The molecule has 0 aromatic heterocycles. The van der Waals surface area contributed by atoms with Crippen molar-refractivity contribution in [3.05, 3.63) is 65.0 Å². The van der Waals surface area contributed by atoms with Gasteiger partial charge in [-0.1, -0.05) is 18.2 Å². The number of guanidine groups is 1. The Morgan fingerprint density at radius 2 is 1.84 bits per heavy atom. The number of rotatable bonds is 10. The number of nitrogens with one attached hydrogen (secondary N) is 3. The molecule has 0 radical (unpaired) electrons. The lowest BCUT2D eigenvalue weighted by Crippen LogP contribution is -2.43. The van der Waals surface area contributed by atoms with E-state index in [1.165, 1.54) is 6.07 Å². The predicted octanol–water partition coefficient (Wildman–Crippen LogP) is 3.69. The second-order valence-electron chi connectivity index (χ2n) is 6.52. The Bertz CT molecular complexity index is 850. The largest absolute Gasteiger partial charge is 0.497 e. The van der Waals surface area contributed by atoms with E-state index in [-0.39, 0.29) is 42.2 Å². The average Bonchev–Trinajstić information content (AvgIpc) is 2.75.